The second kappa shape index (κ2) is 6.83. The molecule has 2 amide bonds. The van der Waals surface area contributed by atoms with E-state index in [0.717, 1.165) is 44.9 Å². The minimum atomic E-state index is -0.558. The zero-order valence-corrected chi connectivity index (χ0v) is 14.5. The molecule has 3 aliphatic rings. The van der Waals surface area contributed by atoms with Crippen LogP contribution < -0.4 is 5.32 Å². The molecule has 1 atom stereocenters. The number of nitrogens with one attached hydrogen (secondary N) is 1. The van der Waals surface area contributed by atoms with E-state index in [1.807, 2.05) is 11.0 Å². The molecule has 4 rings (SSSR count). The topological polar surface area (TPSA) is 71.8 Å². The highest BCUT2D eigenvalue weighted by molar-refractivity contribution is 5.90. The zero-order valence-electron chi connectivity index (χ0n) is 14.5. The second-order valence-corrected chi connectivity index (χ2v) is 7.47. The number of carbonyl (C=O) groups excluding carboxylic acids is 2. The molecule has 25 heavy (non-hydrogen) atoms. The molecule has 1 N–H and O–H groups in total. The Labute approximate surface area is 147 Å². The van der Waals surface area contributed by atoms with Crippen molar-refractivity contribution in [3.8, 4) is 0 Å². The molecule has 1 aromatic rings. The number of hydrogen-bond donors (Lipinski definition) is 1. The third kappa shape index (κ3) is 3.08. The summed E-state index contributed by atoms with van der Waals surface area (Å²) in [5, 5.41) is 2.90. The number of carbonyl (C=O) groups is 2. The van der Waals surface area contributed by atoms with Crippen LogP contribution in [-0.2, 0) is 20.9 Å². The molecule has 1 spiro atoms. The number of rotatable bonds is 4. The summed E-state index contributed by atoms with van der Waals surface area (Å²) < 4.78 is 11.4. The Morgan fingerprint density at radius 1 is 1.20 bits per heavy atom. The Bertz CT molecular complexity index is 617. The van der Waals surface area contributed by atoms with Gasteiger partial charge in [0.2, 0.25) is 11.8 Å². The molecule has 2 saturated carbocycles. The van der Waals surface area contributed by atoms with Gasteiger partial charge in [-0.05, 0) is 50.7 Å². The van der Waals surface area contributed by atoms with E-state index < -0.39 is 11.8 Å². The molecule has 1 aromatic heterocycles. The highest BCUT2D eigenvalue weighted by Crippen LogP contribution is 2.43. The van der Waals surface area contributed by atoms with Crippen molar-refractivity contribution in [2.75, 3.05) is 6.61 Å². The summed E-state index contributed by atoms with van der Waals surface area (Å²) in [5.74, 6) is 0.743. The highest BCUT2D eigenvalue weighted by Gasteiger charge is 2.54. The van der Waals surface area contributed by atoms with Gasteiger partial charge in [-0.3, -0.25) is 14.5 Å². The van der Waals surface area contributed by atoms with Crippen molar-refractivity contribution >= 4 is 11.8 Å². The molecule has 0 aromatic carbocycles. The van der Waals surface area contributed by atoms with Crippen molar-refractivity contribution in [2.45, 2.75) is 69.7 Å². The van der Waals surface area contributed by atoms with Crippen molar-refractivity contribution in [3.63, 3.8) is 0 Å². The molecule has 3 fully saturated rings. The van der Waals surface area contributed by atoms with Gasteiger partial charge in [0.1, 0.15) is 17.5 Å². The first-order chi connectivity index (χ1) is 12.2. The van der Waals surface area contributed by atoms with Crippen LogP contribution in [0.25, 0.3) is 0 Å². The summed E-state index contributed by atoms with van der Waals surface area (Å²) in [7, 11) is 0. The maximum absolute atomic E-state index is 13.1. The summed E-state index contributed by atoms with van der Waals surface area (Å²) >= 11 is 0. The van der Waals surface area contributed by atoms with Crippen LogP contribution in [0.1, 0.15) is 57.1 Å². The van der Waals surface area contributed by atoms with E-state index in [1.54, 1.807) is 12.3 Å². The monoisotopic (exact) mass is 346 g/mol. The third-order valence-corrected chi connectivity index (χ3v) is 5.91. The lowest BCUT2D eigenvalue weighted by Crippen LogP contribution is -2.58. The van der Waals surface area contributed by atoms with Gasteiger partial charge in [0.05, 0.1) is 19.4 Å². The van der Waals surface area contributed by atoms with Crippen molar-refractivity contribution in [2.24, 2.45) is 5.92 Å². The first kappa shape index (κ1) is 16.6. The van der Waals surface area contributed by atoms with E-state index >= 15 is 0 Å². The highest BCUT2D eigenvalue weighted by atomic mass is 16.5. The van der Waals surface area contributed by atoms with Gasteiger partial charge < -0.3 is 14.5 Å². The van der Waals surface area contributed by atoms with Crippen molar-refractivity contribution < 1.29 is 18.7 Å². The van der Waals surface area contributed by atoms with Crippen LogP contribution >= 0.6 is 0 Å². The van der Waals surface area contributed by atoms with Crippen LogP contribution in [-0.4, -0.2) is 35.1 Å². The molecule has 6 heteroatoms. The molecule has 0 bridgehead atoms. The van der Waals surface area contributed by atoms with Crippen molar-refractivity contribution in [3.05, 3.63) is 24.2 Å². The minimum absolute atomic E-state index is 0.0703. The van der Waals surface area contributed by atoms with Crippen LogP contribution in [0, 0.1) is 5.92 Å². The lowest BCUT2D eigenvalue weighted by molar-refractivity contribution is -0.166. The number of hydrogen-bond acceptors (Lipinski definition) is 4. The van der Waals surface area contributed by atoms with E-state index in [1.165, 1.54) is 6.42 Å². The van der Waals surface area contributed by atoms with Gasteiger partial charge in [-0.2, -0.15) is 0 Å². The summed E-state index contributed by atoms with van der Waals surface area (Å²) in [6.07, 6.45) is 9.52. The number of furan rings is 1. The smallest absolute Gasteiger partial charge is 0.245 e. The number of nitrogens with zero attached hydrogens (tertiary/aromatic N) is 1. The van der Waals surface area contributed by atoms with Crippen LogP contribution in [0.5, 0.6) is 0 Å². The maximum Gasteiger partial charge on any atom is 0.245 e. The predicted molar refractivity (Wildman–Crippen MR) is 90.3 cm³/mol. The zero-order chi connectivity index (χ0) is 17.3. The molecule has 2 aliphatic carbocycles. The Hall–Kier alpha value is -1.82. The van der Waals surface area contributed by atoms with Gasteiger partial charge >= 0.3 is 0 Å². The van der Waals surface area contributed by atoms with Gasteiger partial charge in [-0.1, -0.05) is 12.8 Å². The molecule has 0 radical (unpaired) electrons. The molecule has 2 heterocycles. The van der Waals surface area contributed by atoms with Crippen molar-refractivity contribution in [1.82, 2.24) is 10.2 Å². The quantitative estimate of drug-likeness (QED) is 0.909. The summed E-state index contributed by atoms with van der Waals surface area (Å²) in [6.45, 7) is 0.628. The normalized spacial score (nSPS) is 25.8. The third-order valence-electron chi connectivity index (χ3n) is 5.91. The van der Waals surface area contributed by atoms with Crippen molar-refractivity contribution in [1.29, 1.82) is 0 Å². The van der Waals surface area contributed by atoms with E-state index in [0.29, 0.717) is 18.9 Å². The van der Waals surface area contributed by atoms with E-state index in [9.17, 15) is 9.59 Å². The lowest BCUT2D eigenvalue weighted by atomic mass is 9.82. The van der Waals surface area contributed by atoms with Crippen LogP contribution in [0.3, 0.4) is 0 Å². The molecular formula is C19H26N2O4. The first-order valence-corrected chi connectivity index (χ1v) is 9.47. The number of ether oxygens (including phenoxy) is 1. The largest absolute Gasteiger partial charge is 0.467 e. The number of amides is 2. The average molecular weight is 346 g/mol. The van der Waals surface area contributed by atoms with Gasteiger partial charge in [-0.25, -0.2) is 0 Å². The maximum atomic E-state index is 13.1. The summed E-state index contributed by atoms with van der Waals surface area (Å²) in [5.41, 5.74) is -0.558. The molecule has 1 saturated heterocycles. The fourth-order valence-corrected chi connectivity index (χ4v) is 4.26. The molecule has 6 nitrogen and oxygen atoms in total. The van der Waals surface area contributed by atoms with E-state index in [2.05, 4.69) is 5.32 Å². The summed E-state index contributed by atoms with van der Waals surface area (Å²) in [6, 6.07) is 3.09. The van der Waals surface area contributed by atoms with Crippen LogP contribution in [0.4, 0.5) is 0 Å². The summed E-state index contributed by atoms with van der Waals surface area (Å²) in [4.78, 5) is 27.7. The van der Waals surface area contributed by atoms with Crippen LogP contribution in [0.2, 0.25) is 0 Å². The predicted octanol–water partition coefficient (Wildman–Crippen LogP) is 2.58. The molecular weight excluding hydrogens is 320 g/mol. The molecule has 136 valence electrons. The first-order valence-electron chi connectivity index (χ1n) is 9.47. The standard InChI is InChI=1S/C19H26N2O4/c22-17(20-12-15-8-5-11-24-15)16-13-25-19(9-2-1-3-10-19)21(16)18(23)14-6-4-7-14/h5,8,11,14,16H,1-4,6-7,9-10,12-13H2,(H,20,22). The van der Waals surface area contributed by atoms with Gasteiger partial charge in [0, 0.05) is 5.92 Å². The van der Waals surface area contributed by atoms with E-state index in [-0.39, 0.29) is 17.7 Å². The van der Waals surface area contributed by atoms with Gasteiger partial charge in [0.15, 0.2) is 0 Å². The van der Waals surface area contributed by atoms with E-state index in [4.69, 9.17) is 9.15 Å². The Balaban J connectivity index is 1.50. The second-order valence-electron chi connectivity index (χ2n) is 7.47. The van der Waals surface area contributed by atoms with Crippen LogP contribution in [0.15, 0.2) is 22.8 Å². The Kier molecular flexibility index (Phi) is 4.54. The lowest BCUT2D eigenvalue weighted by Gasteiger charge is -2.44. The Morgan fingerprint density at radius 3 is 2.64 bits per heavy atom. The SMILES string of the molecule is O=C(NCc1ccco1)C1COC2(CCCCC2)N1C(=O)C1CCC1. The fraction of sp³-hybridized carbons (Fsp3) is 0.684. The van der Waals surface area contributed by atoms with Gasteiger partial charge in [-0.15, -0.1) is 0 Å². The Morgan fingerprint density at radius 2 is 2.00 bits per heavy atom. The average Bonchev–Trinajstić information content (AvgIpc) is 3.20. The molecule has 1 unspecified atom stereocenters. The molecule has 1 aliphatic heterocycles. The minimum Gasteiger partial charge on any atom is -0.467 e. The van der Waals surface area contributed by atoms with Gasteiger partial charge in [0.25, 0.3) is 0 Å². The fourth-order valence-electron chi connectivity index (χ4n) is 4.26.